The second-order valence-corrected chi connectivity index (χ2v) is 9.56. The van der Waals surface area contributed by atoms with Crippen molar-refractivity contribution in [2.45, 2.75) is 32.1 Å². The van der Waals surface area contributed by atoms with Crippen LogP contribution in [0.5, 0.6) is 0 Å². The third-order valence-electron chi connectivity index (χ3n) is 6.17. The average Bonchev–Trinajstić information content (AvgIpc) is 3.58. The van der Waals surface area contributed by atoms with E-state index in [1.807, 2.05) is 48.7 Å². The van der Waals surface area contributed by atoms with Gasteiger partial charge in [-0.15, -0.1) is 11.3 Å². The van der Waals surface area contributed by atoms with E-state index < -0.39 is 0 Å². The summed E-state index contributed by atoms with van der Waals surface area (Å²) in [6.07, 6.45) is 9.25. The molecule has 0 unspecified atom stereocenters. The van der Waals surface area contributed by atoms with Crippen molar-refractivity contribution in [3.8, 4) is 11.3 Å². The van der Waals surface area contributed by atoms with Gasteiger partial charge in [0.2, 0.25) is 0 Å². The standard InChI is InChI=1S/C28H28N4OS/c33-28(30-24-12-14-25(15-13-24)32-17-1-2-18-32)23-10-8-22(9-11-23)26-20-34-27(31-26)7-3-5-21-6-4-16-29-19-21/h4,6,8-16,19-20H,1-3,5,7,17-18H2,(H,30,33). The second kappa shape index (κ2) is 10.6. The summed E-state index contributed by atoms with van der Waals surface area (Å²) in [5, 5.41) is 6.23. The summed E-state index contributed by atoms with van der Waals surface area (Å²) in [6.45, 7) is 2.23. The van der Waals surface area contributed by atoms with Crippen molar-refractivity contribution in [2.75, 3.05) is 23.3 Å². The van der Waals surface area contributed by atoms with E-state index >= 15 is 0 Å². The maximum Gasteiger partial charge on any atom is 0.255 e. The summed E-state index contributed by atoms with van der Waals surface area (Å²) in [5.74, 6) is -0.102. The molecule has 1 aliphatic rings. The van der Waals surface area contributed by atoms with Crippen molar-refractivity contribution in [2.24, 2.45) is 0 Å². The Morgan fingerprint density at radius 3 is 2.50 bits per heavy atom. The molecule has 1 N–H and O–H groups in total. The van der Waals surface area contributed by atoms with Crippen LogP contribution >= 0.6 is 11.3 Å². The SMILES string of the molecule is O=C(Nc1ccc(N2CCCC2)cc1)c1ccc(-c2csc(CCCc3cccnc3)n2)cc1. The molecule has 1 amide bonds. The number of amides is 1. The number of nitrogens with zero attached hydrogens (tertiary/aromatic N) is 3. The molecule has 0 aliphatic carbocycles. The second-order valence-electron chi connectivity index (χ2n) is 8.61. The number of carbonyl (C=O) groups excluding carboxylic acids is 1. The van der Waals surface area contributed by atoms with Gasteiger partial charge in [-0.3, -0.25) is 9.78 Å². The van der Waals surface area contributed by atoms with Gasteiger partial charge >= 0.3 is 0 Å². The minimum absolute atomic E-state index is 0.102. The summed E-state index contributed by atoms with van der Waals surface area (Å²) in [6, 6.07) is 19.9. The lowest BCUT2D eigenvalue weighted by Gasteiger charge is -2.17. The summed E-state index contributed by atoms with van der Waals surface area (Å²) < 4.78 is 0. The number of aromatic nitrogens is 2. The van der Waals surface area contributed by atoms with Crippen molar-refractivity contribution in [3.63, 3.8) is 0 Å². The molecule has 0 saturated carbocycles. The number of thiazole rings is 1. The van der Waals surface area contributed by atoms with Crippen LogP contribution in [0.4, 0.5) is 11.4 Å². The highest BCUT2D eigenvalue weighted by Gasteiger charge is 2.13. The number of rotatable bonds is 8. The zero-order valence-corrected chi connectivity index (χ0v) is 19.9. The minimum atomic E-state index is -0.102. The van der Waals surface area contributed by atoms with Gasteiger partial charge in [-0.05, 0) is 80.1 Å². The van der Waals surface area contributed by atoms with Gasteiger partial charge in [0.05, 0.1) is 10.7 Å². The normalized spacial score (nSPS) is 13.2. The Balaban J connectivity index is 1.15. The van der Waals surface area contributed by atoms with Gasteiger partial charge in [0.1, 0.15) is 0 Å². The fraction of sp³-hybridized carbons (Fsp3) is 0.250. The summed E-state index contributed by atoms with van der Waals surface area (Å²) in [5.41, 5.74) is 5.93. The number of anilines is 2. The third-order valence-corrected chi connectivity index (χ3v) is 7.08. The first-order valence-corrected chi connectivity index (χ1v) is 12.7. The molecular formula is C28H28N4OS. The first kappa shape index (κ1) is 22.3. The van der Waals surface area contributed by atoms with Gasteiger partial charge < -0.3 is 10.2 Å². The van der Waals surface area contributed by atoms with Crippen LogP contribution in [0.15, 0.2) is 78.4 Å². The van der Waals surface area contributed by atoms with Crippen LogP contribution < -0.4 is 10.2 Å². The molecule has 4 aromatic rings. The van der Waals surface area contributed by atoms with E-state index in [1.54, 1.807) is 17.5 Å². The van der Waals surface area contributed by atoms with Crippen LogP contribution in [-0.4, -0.2) is 29.0 Å². The number of hydrogen-bond acceptors (Lipinski definition) is 5. The lowest BCUT2D eigenvalue weighted by molar-refractivity contribution is 0.102. The van der Waals surface area contributed by atoms with Gasteiger partial charge in [-0.25, -0.2) is 4.98 Å². The van der Waals surface area contributed by atoms with E-state index in [0.717, 1.165) is 54.3 Å². The largest absolute Gasteiger partial charge is 0.372 e. The molecule has 1 saturated heterocycles. The lowest BCUT2D eigenvalue weighted by Crippen LogP contribution is -2.17. The van der Waals surface area contributed by atoms with Crippen LogP contribution in [-0.2, 0) is 12.8 Å². The molecule has 2 aromatic heterocycles. The topological polar surface area (TPSA) is 58.1 Å². The Bertz CT molecular complexity index is 1210. The number of aryl methyl sites for hydroxylation is 2. The zero-order valence-electron chi connectivity index (χ0n) is 19.1. The van der Waals surface area contributed by atoms with E-state index in [4.69, 9.17) is 4.98 Å². The fourth-order valence-electron chi connectivity index (χ4n) is 4.27. The molecule has 0 bridgehead atoms. The van der Waals surface area contributed by atoms with Gasteiger partial charge in [0.25, 0.3) is 5.91 Å². The molecule has 6 heteroatoms. The van der Waals surface area contributed by atoms with Gasteiger partial charge in [-0.2, -0.15) is 0 Å². The van der Waals surface area contributed by atoms with Crippen LogP contribution in [0, 0.1) is 0 Å². The predicted molar refractivity (Wildman–Crippen MR) is 140 cm³/mol. The van der Waals surface area contributed by atoms with Crippen LogP contribution in [0.1, 0.15) is 40.2 Å². The lowest BCUT2D eigenvalue weighted by atomic mass is 10.1. The van der Waals surface area contributed by atoms with Gasteiger partial charge in [0, 0.05) is 53.4 Å². The van der Waals surface area contributed by atoms with Crippen molar-refractivity contribution in [1.29, 1.82) is 0 Å². The Morgan fingerprint density at radius 2 is 1.76 bits per heavy atom. The maximum absolute atomic E-state index is 12.7. The smallest absolute Gasteiger partial charge is 0.255 e. The van der Waals surface area contributed by atoms with Crippen LogP contribution in [0.3, 0.4) is 0 Å². The molecular weight excluding hydrogens is 440 g/mol. The third kappa shape index (κ3) is 5.51. The molecule has 5 nitrogen and oxygen atoms in total. The van der Waals surface area contributed by atoms with Crippen molar-refractivity contribution >= 4 is 28.6 Å². The predicted octanol–water partition coefficient (Wildman–Crippen LogP) is 6.23. The molecule has 1 fully saturated rings. The van der Waals surface area contributed by atoms with Crippen molar-refractivity contribution < 1.29 is 4.79 Å². The number of hydrogen-bond donors (Lipinski definition) is 1. The molecule has 2 aromatic carbocycles. The maximum atomic E-state index is 12.7. The Labute approximate surface area is 204 Å². The monoisotopic (exact) mass is 468 g/mol. The molecule has 5 rings (SSSR count). The number of benzene rings is 2. The summed E-state index contributed by atoms with van der Waals surface area (Å²) >= 11 is 1.69. The highest BCUT2D eigenvalue weighted by Crippen LogP contribution is 2.25. The minimum Gasteiger partial charge on any atom is -0.372 e. The molecule has 34 heavy (non-hydrogen) atoms. The van der Waals surface area contributed by atoms with Gasteiger partial charge in [0.15, 0.2) is 0 Å². The molecule has 1 aliphatic heterocycles. The van der Waals surface area contributed by atoms with E-state index in [-0.39, 0.29) is 5.91 Å². The molecule has 0 spiro atoms. The quantitative estimate of drug-likeness (QED) is 0.333. The summed E-state index contributed by atoms with van der Waals surface area (Å²) in [7, 11) is 0. The number of carbonyl (C=O) groups is 1. The highest BCUT2D eigenvalue weighted by atomic mass is 32.1. The van der Waals surface area contributed by atoms with Gasteiger partial charge in [-0.1, -0.05) is 18.2 Å². The van der Waals surface area contributed by atoms with E-state index in [2.05, 4.69) is 38.8 Å². The Kier molecular flexibility index (Phi) is 6.96. The molecule has 3 heterocycles. The average molecular weight is 469 g/mol. The van der Waals surface area contributed by atoms with Crippen LogP contribution in [0.2, 0.25) is 0 Å². The molecule has 0 atom stereocenters. The van der Waals surface area contributed by atoms with Crippen molar-refractivity contribution in [3.05, 3.63) is 94.6 Å². The van der Waals surface area contributed by atoms with E-state index in [1.165, 1.54) is 24.1 Å². The highest BCUT2D eigenvalue weighted by molar-refractivity contribution is 7.09. The Hall–Kier alpha value is -3.51. The van der Waals surface area contributed by atoms with E-state index in [9.17, 15) is 4.79 Å². The number of nitrogens with one attached hydrogen (secondary N) is 1. The van der Waals surface area contributed by atoms with E-state index in [0.29, 0.717) is 5.56 Å². The first-order chi connectivity index (χ1) is 16.7. The molecule has 172 valence electrons. The number of pyridine rings is 1. The first-order valence-electron chi connectivity index (χ1n) is 11.8. The summed E-state index contributed by atoms with van der Waals surface area (Å²) in [4.78, 5) is 24.1. The Morgan fingerprint density at radius 1 is 0.971 bits per heavy atom. The van der Waals surface area contributed by atoms with Crippen molar-refractivity contribution in [1.82, 2.24) is 9.97 Å². The zero-order chi connectivity index (χ0) is 23.2. The fourth-order valence-corrected chi connectivity index (χ4v) is 5.12. The molecule has 0 radical (unpaired) electrons. The van der Waals surface area contributed by atoms with Crippen LogP contribution in [0.25, 0.3) is 11.3 Å².